The number of hydrogen-bond donors (Lipinski definition) is 1. The fraction of sp³-hybridized carbons (Fsp3) is 0.150. The molecule has 0 aliphatic rings. The number of methoxy groups -OCH3 is 2. The van der Waals surface area contributed by atoms with E-state index >= 15 is 0 Å². The first-order valence-corrected chi connectivity index (χ1v) is 7.81. The van der Waals surface area contributed by atoms with Crippen LogP contribution < -0.4 is 5.32 Å². The van der Waals surface area contributed by atoms with Crippen molar-refractivity contribution in [2.75, 3.05) is 19.5 Å². The highest BCUT2D eigenvalue weighted by Gasteiger charge is 2.13. The van der Waals surface area contributed by atoms with Crippen molar-refractivity contribution in [2.45, 2.75) is 6.92 Å². The number of rotatable bonds is 6. The Kier molecular flexibility index (Phi) is 6.27. The van der Waals surface area contributed by atoms with Gasteiger partial charge in [0.2, 0.25) is 0 Å². The average Bonchev–Trinajstić information content (AvgIpc) is 2.67. The molecule has 0 heterocycles. The van der Waals surface area contributed by atoms with E-state index in [1.165, 1.54) is 21.1 Å². The summed E-state index contributed by atoms with van der Waals surface area (Å²) in [5.41, 5.74) is 3.01. The van der Waals surface area contributed by atoms with E-state index < -0.39 is 11.9 Å². The van der Waals surface area contributed by atoms with Crippen LogP contribution in [-0.2, 0) is 19.1 Å². The Morgan fingerprint density at radius 3 is 2.19 bits per heavy atom. The molecule has 0 unspecified atom stereocenters. The van der Waals surface area contributed by atoms with Crippen molar-refractivity contribution < 1.29 is 23.9 Å². The van der Waals surface area contributed by atoms with Gasteiger partial charge in [0.05, 0.1) is 20.3 Å². The van der Waals surface area contributed by atoms with Gasteiger partial charge in [-0.15, -0.1) is 0 Å². The van der Waals surface area contributed by atoms with Crippen molar-refractivity contribution in [1.82, 2.24) is 0 Å². The first kappa shape index (κ1) is 18.9. The van der Waals surface area contributed by atoms with Crippen LogP contribution in [-0.4, -0.2) is 31.9 Å². The minimum absolute atomic E-state index is 0.000745. The minimum atomic E-state index is -0.686. The molecule has 1 N–H and O–H groups in total. The quantitative estimate of drug-likeness (QED) is 0.488. The number of hydrogen-bond acceptors (Lipinski definition) is 6. The van der Waals surface area contributed by atoms with E-state index in [9.17, 15) is 14.4 Å². The van der Waals surface area contributed by atoms with E-state index in [2.05, 4.69) is 14.8 Å². The molecule has 26 heavy (non-hydrogen) atoms. The van der Waals surface area contributed by atoms with Crippen LogP contribution in [0.15, 0.2) is 60.3 Å². The number of carbonyl (C=O) groups excluding carboxylic acids is 3. The zero-order valence-electron chi connectivity index (χ0n) is 14.7. The summed E-state index contributed by atoms with van der Waals surface area (Å²) in [7, 11) is 2.44. The molecule has 0 amide bonds. The van der Waals surface area contributed by atoms with Gasteiger partial charge in [0.25, 0.3) is 0 Å². The fourth-order valence-electron chi connectivity index (χ4n) is 2.25. The van der Waals surface area contributed by atoms with Crippen LogP contribution in [0.2, 0.25) is 0 Å². The van der Waals surface area contributed by atoms with Crippen molar-refractivity contribution in [1.29, 1.82) is 0 Å². The lowest BCUT2D eigenvalue weighted by Gasteiger charge is -2.10. The van der Waals surface area contributed by atoms with Crippen LogP contribution >= 0.6 is 0 Å². The van der Waals surface area contributed by atoms with Crippen molar-refractivity contribution in [2.24, 2.45) is 0 Å². The molecule has 0 aliphatic carbocycles. The summed E-state index contributed by atoms with van der Waals surface area (Å²) in [6.07, 6.45) is 1.02. The number of ether oxygens (including phenoxy) is 2. The summed E-state index contributed by atoms with van der Waals surface area (Å²) in [5.74, 6) is -1.36. The molecule has 0 radical (unpaired) electrons. The van der Waals surface area contributed by atoms with Crippen molar-refractivity contribution >= 4 is 23.4 Å². The first-order valence-electron chi connectivity index (χ1n) is 7.81. The van der Waals surface area contributed by atoms with Crippen LogP contribution in [0.4, 0.5) is 5.69 Å². The van der Waals surface area contributed by atoms with Crippen LogP contribution in [0.25, 0.3) is 11.1 Å². The van der Waals surface area contributed by atoms with Crippen molar-refractivity contribution in [3.8, 4) is 11.1 Å². The molecule has 0 atom stereocenters. The molecule has 2 aromatic rings. The predicted molar refractivity (Wildman–Crippen MR) is 97.6 cm³/mol. The smallest absolute Gasteiger partial charge is 0.354 e. The number of nitrogens with one attached hydrogen (secondary N) is 1. The summed E-state index contributed by atoms with van der Waals surface area (Å²) in [6.45, 7) is 1.52. The molecule has 2 aromatic carbocycles. The largest absolute Gasteiger partial charge is 0.466 e. The Hall–Kier alpha value is -3.41. The highest BCUT2D eigenvalue weighted by Crippen LogP contribution is 2.23. The van der Waals surface area contributed by atoms with Gasteiger partial charge in [0.15, 0.2) is 5.78 Å². The second-order valence-corrected chi connectivity index (χ2v) is 5.41. The maximum Gasteiger partial charge on any atom is 0.354 e. The van der Waals surface area contributed by atoms with Gasteiger partial charge in [-0.1, -0.05) is 30.3 Å². The van der Waals surface area contributed by atoms with Gasteiger partial charge in [-0.3, -0.25) is 4.79 Å². The number of ketones is 1. The molecule has 0 bridgehead atoms. The standard InChI is InChI=1S/C20H19NO5/c1-13(22)15-5-4-6-16(11-15)14-7-9-17(10-8-14)21-18(20(24)26-3)12-19(23)25-2/h4-12,21H,1-3H3/b18-12+. The van der Waals surface area contributed by atoms with Crippen molar-refractivity contribution in [3.63, 3.8) is 0 Å². The fourth-order valence-corrected chi connectivity index (χ4v) is 2.25. The summed E-state index contributed by atoms with van der Waals surface area (Å²) in [6, 6.07) is 14.5. The Morgan fingerprint density at radius 2 is 1.62 bits per heavy atom. The zero-order chi connectivity index (χ0) is 19.1. The molecule has 0 fully saturated rings. The molecule has 6 heteroatoms. The molecule has 6 nitrogen and oxygen atoms in total. The van der Waals surface area contributed by atoms with Gasteiger partial charge in [-0.05, 0) is 36.2 Å². The number of esters is 2. The Balaban J connectivity index is 2.24. The molecule has 0 aliphatic heterocycles. The number of Topliss-reactive ketones (excluding diaryl/α,β-unsaturated/α-hetero) is 1. The maximum absolute atomic E-state index is 11.8. The predicted octanol–water partition coefficient (Wildman–Crippen LogP) is 3.20. The van der Waals surface area contributed by atoms with Gasteiger partial charge in [0, 0.05) is 11.3 Å². The van der Waals surface area contributed by atoms with Crippen LogP contribution in [0.5, 0.6) is 0 Å². The van der Waals surface area contributed by atoms with E-state index in [0.717, 1.165) is 17.2 Å². The maximum atomic E-state index is 11.8. The Labute approximate surface area is 151 Å². The Bertz CT molecular complexity index is 853. The summed E-state index contributed by atoms with van der Waals surface area (Å²) < 4.78 is 9.18. The number of benzene rings is 2. The number of carbonyl (C=O) groups is 3. The van der Waals surface area contributed by atoms with E-state index in [1.807, 2.05) is 30.3 Å². The average molecular weight is 353 g/mol. The lowest BCUT2D eigenvalue weighted by molar-refractivity contribution is -0.138. The zero-order valence-corrected chi connectivity index (χ0v) is 14.7. The van der Waals surface area contributed by atoms with Crippen LogP contribution in [0.3, 0.4) is 0 Å². The highest BCUT2D eigenvalue weighted by atomic mass is 16.5. The monoisotopic (exact) mass is 353 g/mol. The minimum Gasteiger partial charge on any atom is -0.466 e. The van der Waals surface area contributed by atoms with E-state index in [1.54, 1.807) is 18.2 Å². The molecule has 134 valence electrons. The summed E-state index contributed by atoms with van der Waals surface area (Å²) in [5, 5.41) is 2.83. The van der Waals surface area contributed by atoms with Gasteiger partial charge in [-0.25, -0.2) is 9.59 Å². The molecule has 2 rings (SSSR count). The SMILES string of the molecule is COC(=O)/C=C(/Nc1ccc(-c2cccc(C(C)=O)c2)cc1)C(=O)OC. The third-order valence-electron chi connectivity index (χ3n) is 3.64. The lowest BCUT2D eigenvalue weighted by Crippen LogP contribution is -2.15. The first-order chi connectivity index (χ1) is 12.4. The topological polar surface area (TPSA) is 81.7 Å². The highest BCUT2D eigenvalue weighted by molar-refractivity contribution is 5.98. The van der Waals surface area contributed by atoms with E-state index in [4.69, 9.17) is 0 Å². The summed E-state index contributed by atoms with van der Waals surface area (Å²) >= 11 is 0. The van der Waals surface area contributed by atoms with Crippen molar-refractivity contribution in [3.05, 3.63) is 65.9 Å². The molecule has 0 saturated carbocycles. The Morgan fingerprint density at radius 1 is 0.923 bits per heavy atom. The van der Waals surface area contributed by atoms with E-state index in [-0.39, 0.29) is 11.5 Å². The van der Waals surface area contributed by atoms with Gasteiger partial charge >= 0.3 is 11.9 Å². The van der Waals surface area contributed by atoms with Gasteiger partial charge < -0.3 is 14.8 Å². The second-order valence-electron chi connectivity index (χ2n) is 5.41. The van der Waals surface area contributed by atoms with Gasteiger partial charge in [-0.2, -0.15) is 0 Å². The van der Waals surface area contributed by atoms with Crippen LogP contribution in [0, 0.1) is 0 Å². The second kappa shape index (κ2) is 8.62. The van der Waals surface area contributed by atoms with E-state index in [0.29, 0.717) is 11.3 Å². The molecular formula is C20H19NO5. The normalized spacial score (nSPS) is 10.8. The molecule has 0 spiro atoms. The molecular weight excluding hydrogens is 334 g/mol. The number of anilines is 1. The molecule has 0 aromatic heterocycles. The molecule has 0 saturated heterocycles. The lowest BCUT2D eigenvalue weighted by atomic mass is 10.0. The van der Waals surface area contributed by atoms with Crippen LogP contribution in [0.1, 0.15) is 17.3 Å². The third-order valence-corrected chi connectivity index (χ3v) is 3.64. The summed E-state index contributed by atoms with van der Waals surface area (Å²) in [4.78, 5) is 34.7. The third kappa shape index (κ3) is 4.80. The van der Waals surface area contributed by atoms with Gasteiger partial charge in [0.1, 0.15) is 5.70 Å².